The largest absolute Gasteiger partial charge is 0.496 e. The Morgan fingerprint density at radius 3 is 2.74 bits per heavy atom. The van der Waals surface area contributed by atoms with Crippen molar-refractivity contribution in [2.24, 2.45) is 0 Å². The maximum absolute atomic E-state index is 12.1. The number of fused-ring (bicyclic) bond motifs is 2. The van der Waals surface area contributed by atoms with Gasteiger partial charge in [-0.3, -0.25) is 4.79 Å². The van der Waals surface area contributed by atoms with Crippen LogP contribution in [-0.4, -0.2) is 19.8 Å². The molecular formula is C17H14ClNO4. The van der Waals surface area contributed by atoms with Crippen LogP contribution in [0.4, 0.5) is 5.69 Å². The van der Waals surface area contributed by atoms with Gasteiger partial charge in [-0.15, -0.1) is 0 Å². The quantitative estimate of drug-likeness (QED) is 0.914. The minimum Gasteiger partial charge on any atom is -0.496 e. The van der Waals surface area contributed by atoms with Crippen molar-refractivity contribution in [2.45, 2.75) is 12.3 Å². The zero-order chi connectivity index (χ0) is 16.0. The molecule has 2 heterocycles. The number of carbonyl (C=O) groups excluding carboxylic acids is 1. The van der Waals surface area contributed by atoms with Crippen LogP contribution in [0.2, 0.25) is 5.02 Å². The summed E-state index contributed by atoms with van der Waals surface area (Å²) in [6, 6.07) is 9.16. The summed E-state index contributed by atoms with van der Waals surface area (Å²) in [5.41, 5.74) is 2.59. The monoisotopic (exact) mass is 331 g/mol. The first-order chi connectivity index (χ1) is 11.2. The van der Waals surface area contributed by atoms with Crippen molar-refractivity contribution in [1.82, 2.24) is 0 Å². The van der Waals surface area contributed by atoms with E-state index in [9.17, 15) is 4.79 Å². The average Bonchev–Trinajstić information content (AvgIpc) is 2.99. The molecule has 2 aromatic carbocycles. The summed E-state index contributed by atoms with van der Waals surface area (Å²) in [6.45, 7) is 0.192. The first-order valence-corrected chi connectivity index (χ1v) is 7.60. The van der Waals surface area contributed by atoms with Gasteiger partial charge in [0.2, 0.25) is 12.7 Å². The molecule has 6 heteroatoms. The lowest BCUT2D eigenvalue weighted by atomic mass is 9.84. The lowest BCUT2D eigenvalue weighted by Crippen LogP contribution is -2.23. The molecule has 0 saturated heterocycles. The summed E-state index contributed by atoms with van der Waals surface area (Å²) in [5, 5.41) is 3.50. The third-order valence-electron chi connectivity index (χ3n) is 4.15. The first kappa shape index (κ1) is 14.2. The highest BCUT2D eigenvalue weighted by molar-refractivity contribution is 6.30. The van der Waals surface area contributed by atoms with E-state index in [1.165, 1.54) is 0 Å². The van der Waals surface area contributed by atoms with E-state index in [0.29, 0.717) is 28.7 Å². The fraction of sp³-hybridized carbons (Fsp3) is 0.235. The summed E-state index contributed by atoms with van der Waals surface area (Å²) < 4.78 is 16.3. The molecule has 4 rings (SSSR count). The molecule has 1 atom stereocenters. The van der Waals surface area contributed by atoms with Crippen LogP contribution < -0.4 is 19.5 Å². The number of methoxy groups -OCH3 is 1. The van der Waals surface area contributed by atoms with Gasteiger partial charge >= 0.3 is 0 Å². The zero-order valence-corrected chi connectivity index (χ0v) is 13.1. The predicted molar refractivity (Wildman–Crippen MR) is 85.7 cm³/mol. The number of amides is 1. The van der Waals surface area contributed by atoms with E-state index >= 15 is 0 Å². The van der Waals surface area contributed by atoms with Gasteiger partial charge in [0.05, 0.1) is 7.11 Å². The number of ether oxygens (including phenoxy) is 3. The minimum atomic E-state index is -0.151. The predicted octanol–water partition coefficient (Wildman–Crippen LogP) is 3.55. The Hall–Kier alpha value is -2.40. The maximum Gasteiger partial charge on any atom is 0.231 e. The van der Waals surface area contributed by atoms with E-state index in [0.717, 1.165) is 16.8 Å². The summed E-state index contributed by atoms with van der Waals surface area (Å²) in [4.78, 5) is 12.1. The first-order valence-electron chi connectivity index (χ1n) is 7.22. The van der Waals surface area contributed by atoms with Gasteiger partial charge in [0.1, 0.15) is 5.75 Å². The van der Waals surface area contributed by atoms with Crippen LogP contribution >= 0.6 is 11.6 Å². The summed E-state index contributed by atoms with van der Waals surface area (Å²) in [6.07, 6.45) is 0.323. The zero-order valence-electron chi connectivity index (χ0n) is 12.4. The Labute approximate surface area is 138 Å². The Bertz CT molecular complexity index is 805. The van der Waals surface area contributed by atoms with Crippen LogP contribution in [0, 0.1) is 0 Å². The molecule has 0 fully saturated rings. The lowest BCUT2D eigenvalue weighted by molar-refractivity contribution is -0.116. The number of hydrogen-bond donors (Lipinski definition) is 1. The molecule has 0 spiro atoms. The number of benzene rings is 2. The number of carbonyl (C=O) groups is 1. The highest BCUT2D eigenvalue weighted by Crippen LogP contribution is 2.46. The molecule has 5 nitrogen and oxygen atoms in total. The molecule has 118 valence electrons. The summed E-state index contributed by atoms with van der Waals surface area (Å²) in [7, 11) is 1.61. The van der Waals surface area contributed by atoms with Crippen molar-refractivity contribution in [3.63, 3.8) is 0 Å². The van der Waals surface area contributed by atoms with E-state index < -0.39 is 0 Å². The highest BCUT2D eigenvalue weighted by Gasteiger charge is 2.31. The van der Waals surface area contributed by atoms with E-state index in [-0.39, 0.29) is 18.6 Å². The van der Waals surface area contributed by atoms with Crippen molar-refractivity contribution < 1.29 is 19.0 Å². The van der Waals surface area contributed by atoms with E-state index in [2.05, 4.69) is 5.32 Å². The molecule has 1 amide bonds. The van der Waals surface area contributed by atoms with Gasteiger partial charge < -0.3 is 19.5 Å². The molecule has 1 N–H and O–H groups in total. The van der Waals surface area contributed by atoms with Gasteiger partial charge in [0.25, 0.3) is 0 Å². The third-order valence-corrected chi connectivity index (χ3v) is 4.39. The number of hydrogen-bond acceptors (Lipinski definition) is 4. The van der Waals surface area contributed by atoms with Gasteiger partial charge in [0, 0.05) is 34.7 Å². The molecule has 0 radical (unpaired) electrons. The number of anilines is 1. The van der Waals surface area contributed by atoms with Gasteiger partial charge in [-0.25, -0.2) is 0 Å². The third kappa shape index (κ3) is 2.37. The Kier molecular flexibility index (Phi) is 3.31. The number of nitrogens with one attached hydrogen (secondary N) is 1. The molecule has 2 aliphatic rings. The Morgan fingerprint density at radius 1 is 1.17 bits per heavy atom. The second-order valence-electron chi connectivity index (χ2n) is 5.48. The van der Waals surface area contributed by atoms with Crippen molar-refractivity contribution in [3.8, 4) is 17.2 Å². The van der Waals surface area contributed by atoms with Gasteiger partial charge in [-0.2, -0.15) is 0 Å². The molecular weight excluding hydrogens is 318 g/mol. The van der Waals surface area contributed by atoms with Gasteiger partial charge in [0.15, 0.2) is 11.5 Å². The maximum atomic E-state index is 12.1. The molecule has 2 aromatic rings. The number of halogens is 1. The van der Waals surface area contributed by atoms with E-state index in [1.54, 1.807) is 19.2 Å². The van der Waals surface area contributed by atoms with Crippen LogP contribution in [0.15, 0.2) is 30.3 Å². The topological polar surface area (TPSA) is 56.8 Å². The number of rotatable bonds is 2. The summed E-state index contributed by atoms with van der Waals surface area (Å²) in [5.74, 6) is 1.83. The van der Waals surface area contributed by atoms with Crippen LogP contribution in [0.3, 0.4) is 0 Å². The molecule has 2 aliphatic heterocycles. The highest BCUT2D eigenvalue weighted by atomic mass is 35.5. The van der Waals surface area contributed by atoms with Gasteiger partial charge in [-0.05, 0) is 29.8 Å². The normalized spacial score (nSPS) is 18.3. The van der Waals surface area contributed by atoms with Crippen molar-refractivity contribution in [1.29, 1.82) is 0 Å². The standard InChI is InChI=1S/C17H14ClNO4/c1-21-14-3-2-9(18)4-12(14)10-6-17(20)19-13-7-16-15(5-11(10)13)22-8-23-16/h2-5,7,10H,6,8H2,1H3,(H,19,20)/t10-/m1/s1. The second kappa shape index (κ2) is 5.35. The van der Waals surface area contributed by atoms with Crippen molar-refractivity contribution >= 4 is 23.2 Å². The van der Waals surface area contributed by atoms with Crippen molar-refractivity contribution in [3.05, 3.63) is 46.5 Å². The summed E-state index contributed by atoms with van der Waals surface area (Å²) >= 11 is 6.15. The molecule has 0 aliphatic carbocycles. The fourth-order valence-electron chi connectivity index (χ4n) is 3.11. The van der Waals surface area contributed by atoms with Crippen LogP contribution in [-0.2, 0) is 4.79 Å². The molecule has 0 aromatic heterocycles. The van der Waals surface area contributed by atoms with E-state index in [4.69, 9.17) is 25.8 Å². The Balaban J connectivity index is 1.88. The van der Waals surface area contributed by atoms with Crippen LogP contribution in [0.5, 0.6) is 17.2 Å². The molecule has 0 unspecified atom stereocenters. The van der Waals surface area contributed by atoms with Crippen molar-refractivity contribution in [2.75, 3.05) is 19.2 Å². The Morgan fingerprint density at radius 2 is 1.96 bits per heavy atom. The van der Waals surface area contributed by atoms with Gasteiger partial charge in [-0.1, -0.05) is 11.6 Å². The second-order valence-corrected chi connectivity index (χ2v) is 5.92. The molecule has 0 saturated carbocycles. The van der Waals surface area contributed by atoms with Crippen LogP contribution in [0.25, 0.3) is 0 Å². The van der Waals surface area contributed by atoms with Crippen LogP contribution in [0.1, 0.15) is 23.5 Å². The molecule has 23 heavy (non-hydrogen) atoms. The lowest BCUT2D eigenvalue weighted by Gasteiger charge is -2.27. The minimum absolute atomic E-state index is 0.0524. The SMILES string of the molecule is COc1ccc(Cl)cc1[C@@H]1CC(=O)Nc2cc3c(cc21)OCO3. The van der Waals surface area contributed by atoms with E-state index in [1.807, 2.05) is 18.2 Å². The smallest absolute Gasteiger partial charge is 0.231 e. The molecule has 0 bridgehead atoms. The fourth-order valence-corrected chi connectivity index (χ4v) is 3.29. The average molecular weight is 332 g/mol.